The molecule has 2 aromatic heterocycles. The number of ketones is 4. The van der Waals surface area contributed by atoms with Crippen LogP contribution >= 0.6 is 0 Å². The number of allylic oxidation sites excluding steroid dienone is 8. The number of hydrogen-bond donors (Lipinski definition) is 0. The van der Waals surface area contributed by atoms with Gasteiger partial charge in [-0.2, -0.15) is 0 Å². The lowest BCUT2D eigenvalue weighted by molar-refractivity contribution is -0.116. The second kappa shape index (κ2) is 12.5. The van der Waals surface area contributed by atoms with Gasteiger partial charge in [-0.05, 0) is 67.2 Å². The second-order valence-electron chi connectivity index (χ2n) is 9.73. The number of carbonyl (C=O) groups is 4. The molecule has 200 valence electrons. The summed E-state index contributed by atoms with van der Waals surface area (Å²) in [6.07, 6.45) is 11.5. The Kier molecular flexibility index (Phi) is 9.39. The maximum absolute atomic E-state index is 12.2. The predicted molar refractivity (Wildman–Crippen MR) is 143 cm³/mol. The van der Waals surface area contributed by atoms with E-state index in [0.29, 0.717) is 57.4 Å². The van der Waals surface area contributed by atoms with Crippen LogP contribution in [0.4, 0.5) is 0 Å². The van der Waals surface area contributed by atoms with Crippen molar-refractivity contribution in [2.24, 2.45) is 0 Å². The van der Waals surface area contributed by atoms with Gasteiger partial charge in [0.1, 0.15) is 12.7 Å². The van der Waals surface area contributed by atoms with Crippen molar-refractivity contribution >= 4 is 23.1 Å². The van der Waals surface area contributed by atoms with Gasteiger partial charge in [0.05, 0.1) is 6.33 Å². The normalized spacial score (nSPS) is 16.6. The van der Waals surface area contributed by atoms with E-state index in [4.69, 9.17) is 0 Å². The van der Waals surface area contributed by atoms with E-state index < -0.39 is 0 Å². The molecule has 0 amide bonds. The van der Waals surface area contributed by atoms with Crippen LogP contribution in [0.5, 0.6) is 0 Å². The Balaban J connectivity index is 0.000000211. The third-order valence-corrected chi connectivity index (χ3v) is 7.33. The van der Waals surface area contributed by atoms with Crippen molar-refractivity contribution in [2.75, 3.05) is 0 Å². The van der Waals surface area contributed by atoms with E-state index in [1.807, 2.05) is 15.3 Å². The number of hydrogen-bond acceptors (Lipinski definition) is 7. The number of nitrogens with zero attached hydrogens (tertiary/aromatic N) is 5. The summed E-state index contributed by atoms with van der Waals surface area (Å²) >= 11 is 0. The van der Waals surface area contributed by atoms with Gasteiger partial charge in [-0.25, -0.2) is 4.98 Å². The van der Waals surface area contributed by atoms with E-state index in [1.54, 1.807) is 66.7 Å². The molecule has 0 fully saturated rings. The summed E-state index contributed by atoms with van der Waals surface area (Å²) in [6.45, 7) is 11.9. The fourth-order valence-electron chi connectivity index (χ4n) is 4.55. The minimum atomic E-state index is -0.00334. The first-order valence-corrected chi connectivity index (χ1v) is 12.8. The molecule has 0 saturated carbocycles. The van der Waals surface area contributed by atoms with Crippen LogP contribution < -0.4 is 0 Å². The molecule has 0 spiro atoms. The number of aromatic nitrogens is 5. The molecule has 38 heavy (non-hydrogen) atoms. The summed E-state index contributed by atoms with van der Waals surface area (Å²) in [5.41, 5.74) is 4.86. The smallest absolute Gasteiger partial charge is 0.185 e. The monoisotopic (exact) mass is 517 g/mol. The molecular weight excluding hydrogens is 482 g/mol. The van der Waals surface area contributed by atoms with Gasteiger partial charge in [-0.3, -0.25) is 19.2 Å². The van der Waals surface area contributed by atoms with Gasteiger partial charge in [0.2, 0.25) is 0 Å². The van der Waals surface area contributed by atoms with Gasteiger partial charge < -0.3 is 9.13 Å². The molecule has 9 nitrogen and oxygen atoms in total. The van der Waals surface area contributed by atoms with Crippen molar-refractivity contribution in [1.82, 2.24) is 24.3 Å². The first-order chi connectivity index (χ1) is 18.0. The van der Waals surface area contributed by atoms with Crippen molar-refractivity contribution in [2.45, 2.75) is 80.3 Å². The average molecular weight is 518 g/mol. The Hall–Kier alpha value is -4.01. The van der Waals surface area contributed by atoms with Crippen LogP contribution in [-0.2, 0) is 32.3 Å². The molecule has 0 aromatic carbocycles. The van der Waals surface area contributed by atoms with E-state index in [9.17, 15) is 19.2 Å². The SMILES string of the molecule is CC1=C(C)C(=O)C(CCCn2ccnc2)=C(C)C1=O.CC1=C(C)C(=O)C(CCCn2cnnc2)=C(C)C1=O. The number of rotatable bonds is 8. The summed E-state index contributed by atoms with van der Waals surface area (Å²) in [4.78, 5) is 52.3. The van der Waals surface area contributed by atoms with Crippen LogP contribution in [0.1, 0.15) is 67.2 Å². The second-order valence-corrected chi connectivity index (χ2v) is 9.73. The number of imidazole rings is 1. The Labute approximate surface area is 223 Å². The molecule has 4 rings (SSSR count). The maximum atomic E-state index is 12.2. The van der Waals surface area contributed by atoms with E-state index in [-0.39, 0.29) is 23.1 Å². The summed E-state index contributed by atoms with van der Waals surface area (Å²) in [5, 5.41) is 7.45. The Morgan fingerprint density at radius 1 is 0.553 bits per heavy atom. The van der Waals surface area contributed by atoms with Crippen LogP contribution in [0.2, 0.25) is 0 Å². The highest BCUT2D eigenvalue weighted by atomic mass is 16.1. The maximum Gasteiger partial charge on any atom is 0.185 e. The quantitative estimate of drug-likeness (QED) is 0.478. The van der Waals surface area contributed by atoms with Crippen LogP contribution in [0.3, 0.4) is 0 Å². The topological polar surface area (TPSA) is 117 Å². The van der Waals surface area contributed by atoms with Crippen LogP contribution in [0.15, 0.2) is 76.0 Å². The first kappa shape index (κ1) is 28.6. The molecule has 0 unspecified atom stereocenters. The van der Waals surface area contributed by atoms with Crippen molar-refractivity contribution in [3.8, 4) is 0 Å². The number of aryl methyl sites for hydroxylation is 2. The molecule has 0 saturated heterocycles. The molecule has 2 aromatic rings. The van der Waals surface area contributed by atoms with E-state index >= 15 is 0 Å². The van der Waals surface area contributed by atoms with E-state index in [2.05, 4.69) is 15.2 Å². The zero-order valence-electron chi connectivity index (χ0n) is 23.0. The highest BCUT2D eigenvalue weighted by molar-refractivity contribution is 6.25. The molecule has 0 aliphatic heterocycles. The van der Waals surface area contributed by atoms with Crippen LogP contribution in [0.25, 0.3) is 0 Å². The lowest BCUT2D eigenvalue weighted by Gasteiger charge is -2.18. The molecule has 0 bridgehead atoms. The third kappa shape index (κ3) is 6.27. The van der Waals surface area contributed by atoms with Gasteiger partial charge in [0, 0.05) is 70.1 Å². The Bertz CT molecular complexity index is 1260. The fraction of sp³-hybridized carbons (Fsp3) is 0.414. The van der Waals surface area contributed by atoms with Gasteiger partial charge in [0.25, 0.3) is 0 Å². The molecular formula is C29H35N5O4. The lowest BCUT2D eigenvalue weighted by Crippen LogP contribution is -2.20. The Morgan fingerprint density at radius 2 is 0.974 bits per heavy atom. The molecule has 2 aliphatic carbocycles. The minimum absolute atomic E-state index is 0.00334. The van der Waals surface area contributed by atoms with Crippen molar-refractivity contribution in [3.05, 3.63) is 76.0 Å². The summed E-state index contributed by atoms with van der Waals surface area (Å²) in [6, 6.07) is 0. The largest absolute Gasteiger partial charge is 0.337 e. The summed E-state index contributed by atoms with van der Waals surface area (Å²) in [5.74, 6) is 0.0460. The van der Waals surface area contributed by atoms with Gasteiger partial charge in [-0.1, -0.05) is 0 Å². The number of Topliss-reactive ketones (excluding diaryl/α,β-unsaturated/α-hetero) is 4. The summed E-state index contributed by atoms with van der Waals surface area (Å²) in [7, 11) is 0. The highest BCUT2D eigenvalue weighted by Crippen LogP contribution is 2.28. The average Bonchev–Trinajstić information content (AvgIpc) is 3.63. The molecule has 9 heteroatoms. The third-order valence-electron chi connectivity index (χ3n) is 7.33. The van der Waals surface area contributed by atoms with Crippen LogP contribution in [-0.4, -0.2) is 47.4 Å². The van der Waals surface area contributed by atoms with Crippen LogP contribution in [0, 0.1) is 0 Å². The predicted octanol–water partition coefficient (Wildman–Crippen LogP) is 4.33. The molecule has 2 heterocycles. The van der Waals surface area contributed by atoms with Gasteiger partial charge >= 0.3 is 0 Å². The first-order valence-electron chi connectivity index (χ1n) is 12.8. The molecule has 0 N–H and O–H groups in total. The zero-order valence-corrected chi connectivity index (χ0v) is 23.0. The fourth-order valence-corrected chi connectivity index (χ4v) is 4.55. The zero-order chi connectivity index (χ0) is 28.0. The van der Waals surface area contributed by atoms with Gasteiger partial charge in [-0.15, -0.1) is 10.2 Å². The number of carbonyl (C=O) groups excluding carboxylic acids is 4. The van der Waals surface area contributed by atoms with Crippen molar-refractivity contribution < 1.29 is 19.2 Å². The summed E-state index contributed by atoms with van der Waals surface area (Å²) < 4.78 is 3.83. The molecule has 0 radical (unpaired) electrons. The molecule has 0 atom stereocenters. The minimum Gasteiger partial charge on any atom is -0.337 e. The Morgan fingerprint density at radius 3 is 1.39 bits per heavy atom. The molecule has 2 aliphatic rings. The van der Waals surface area contributed by atoms with E-state index in [1.165, 1.54) is 0 Å². The van der Waals surface area contributed by atoms with Gasteiger partial charge in [0.15, 0.2) is 23.1 Å². The highest BCUT2D eigenvalue weighted by Gasteiger charge is 2.28. The lowest BCUT2D eigenvalue weighted by atomic mass is 9.84. The van der Waals surface area contributed by atoms with Crippen molar-refractivity contribution in [1.29, 1.82) is 0 Å². The van der Waals surface area contributed by atoms with E-state index in [0.717, 1.165) is 25.9 Å². The van der Waals surface area contributed by atoms with Crippen molar-refractivity contribution in [3.63, 3.8) is 0 Å². The standard InChI is InChI=1S/C15H18N2O2.C14H17N3O2/c1-10-11(2)15(19)13(12(3)14(10)18)5-4-7-17-8-6-16-9-17;1-9-10(2)14(19)12(11(3)13(9)18)5-4-6-17-7-15-16-8-17/h6,8-9H,4-5,7H2,1-3H3;7-8H,4-6H2,1-3H3.